The second-order valence-electron chi connectivity index (χ2n) is 6.54. The Balaban J connectivity index is 2.01. The number of hydrogen-bond donors (Lipinski definition) is 0. The van der Waals surface area contributed by atoms with Gasteiger partial charge in [-0.25, -0.2) is 8.42 Å². The van der Waals surface area contributed by atoms with Crippen LogP contribution in [0, 0.1) is 12.8 Å². The highest BCUT2D eigenvalue weighted by Crippen LogP contribution is 2.31. The van der Waals surface area contributed by atoms with Gasteiger partial charge in [0.25, 0.3) is 0 Å². The van der Waals surface area contributed by atoms with Crippen LogP contribution in [-0.2, 0) is 19.6 Å². The van der Waals surface area contributed by atoms with Gasteiger partial charge in [-0.05, 0) is 31.5 Å². The van der Waals surface area contributed by atoms with Crippen LogP contribution in [0.2, 0.25) is 0 Å². The largest absolute Gasteiger partial charge is 0.492 e. The lowest BCUT2D eigenvalue weighted by molar-refractivity contribution is -0.133. The standard InChI is InChI=1S/C17H24N2O5S/c1-4-24-15-6-5-12(2)7-16(15)25(21,22)19-8-13-10-23-11-14(9-19)18(3)17(13)20/h5-7,13-14H,4,8-11H2,1-3H3/t13-,14+/m1/s1. The Morgan fingerprint density at radius 3 is 2.76 bits per heavy atom. The molecule has 1 aromatic rings. The van der Waals surface area contributed by atoms with Gasteiger partial charge in [0.1, 0.15) is 10.6 Å². The van der Waals surface area contributed by atoms with Crippen LogP contribution in [0.3, 0.4) is 0 Å². The summed E-state index contributed by atoms with van der Waals surface area (Å²) in [5.74, 6) is -0.194. The van der Waals surface area contributed by atoms with E-state index in [1.807, 2.05) is 19.9 Å². The molecule has 0 N–H and O–H groups in total. The van der Waals surface area contributed by atoms with E-state index in [-0.39, 0.29) is 36.5 Å². The Morgan fingerprint density at radius 2 is 2.04 bits per heavy atom. The Labute approximate surface area is 148 Å². The normalized spacial score (nSPS) is 24.9. The van der Waals surface area contributed by atoms with Crippen molar-refractivity contribution in [3.8, 4) is 5.75 Å². The maximum Gasteiger partial charge on any atom is 0.246 e. The van der Waals surface area contributed by atoms with Gasteiger partial charge in [-0.1, -0.05) is 6.07 Å². The molecular formula is C17H24N2O5S. The summed E-state index contributed by atoms with van der Waals surface area (Å²) in [6.07, 6.45) is 0. The van der Waals surface area contributed by atoms with E-state index >= 15 is 0 Å². The predicted octanol–water partition coefficient (Wildman–Crippen LogP) is 0.871. The summed E-state index contributed by atoms with van der Waals surface area (Å²) in [5.41, 5.74) is 0.841. The molecule has 7 nitrogen and oxygen atoms in total. The molecule has 0 radical (unpaired) electrons. The fourth-order valence-electron chi connectivity index (χ4n) is 3.29. The summed E-state index contributed by atoms with van der Waals surface area (Å²) in [5, 5.41) is 0. The van der Waals surface area contributed by atoms with Gasteiger partial charge < -0.3 is 14.4 Å². The number of carbonyl (C=O) groups is 1. The lowest BCUT2D eigenvalue weighted by Crippen LogP contribution is -2.45. The first-order valence-electron chi connectivity index (χ1n) is 8.42. The number of hydrogen-bond acceptors (Lipinski definition) is 5. The average molecular weight is 368 g/mol. The second kappa shape index (κ2) is 6.93. The average Bonchev–Trinajstić information content (AvgIpc) is 2.74. The maximum atomic E-state index is 13.3. The molecule has 8 heteroatoms. The molecule has 0 saturated carbocycles. The lowest BCUT2D eigenvalue weighted by Gasteiger charge is -2.29. The quantitative estimate of drug-likeness (QED) is 0.788. The molecule has 2 saturated heterocycles. The van der Waals surface area contributed by atoms with Crippen molar-refractivity contribution in [2.24, 2.45) is 5.92 Å². The van der Waals surface area contributed by atoms with Gasteiger partial charge in [-0.3, -0.25) is 4.79 Å². The van der Waals surface area contributed by atoms with Crippen molar-refractivity contribution in [3.05, 3.63) is 23.8 Å². The molecule has 2 aliphatic heterocycles. The van der Waals surface area contributed by atoms with E-state index in [2.05, 4.69) is 0 Å². The van der Waals surface area contributed by atoms with Crippen LogP contribution in [0.25, 0.3) is 0 Å². The molecule has 138 valence electrons. The Morgan fingerprint density at radius 1 is 1.28 bits per heavy atom. The van der Waals surface area contributed by atoms with Gasteiger partial charge in [0, 0.05) is 20.1 Å². The summed E-state index contributed by atoms with van der Waals surface area (Å²) >= 11 is 0. The minimum atomic E-state index is -3.78. The molecule has 0 unspecified atom stereocenters. The highest BCUT2D eigenvalue weighted by molar-refractivity contribution is 7.89. The van der Waals surface area contributed by atoms with E-state index in [4.69, 9.17) is 9.47 Å². The highest BCUT2D eigenvalue weighted by Gasteiger charge is 2.42. The Bertz CT molecular complexity index is 764. The van der Waals surface area contributed by atoms with Crippen LogP contribution >= 0.6 is 0 Å². The molecule has 3 rings (SSSR count). The fraction of sp³-hybridized carbons (Fsp3) is 0.588. The first kappa shape index (κ1) is 18.2. The summed E-state index contributed by atoms with van der Waals surface area (Å²) in [4.78, 5) is 14.2. The number of likely N-dealkylation sites (N-methyl/N-ethyl adjacent to an activating group) is 1. The molecule has 2 fully saturated rings. The van der Waals surface area contributed by atoms with E-state index in [1.54, 1.807) is 24.1 Å². The Kier molecular flexibility index (Phi) is 5.04. The number of amides is 1. The smallest absolute Gasteiger partial charge is 0.246 e. The van der Waals surface area contributed by atoms with E-state index in [0.29, 0.717) is 19.0 Å². The van der Waals surface area contributed by atoms with Crippen LogP contribution < -0.4 is 4.74 Å². The molecule has 0 aromatic heterocycles. The van der Waals surface area contributed by atoms with Crippen LogP contribution in [0.4, 0.5) is 0 Å². The minimum Gasteiger partial charge on any atom is -0.492 e. The molecule has 1 amide bonds. The third kappa shape index (κ3) is 3.38. The number of fused-ring (bicyclic) bond motifs is 3. The molecule has 1 aromatic carbocycles. The summed E-state index contributed by atoms with van der Waals surface area (Å²) in [6, 6.07) is 4.86. The first-order chi connectivity index (χ1) is 11.8. The number of benzene rings is 1. The van der Waals surface area contributed by atoms with Crippen LogP contribution in [-0.4, -0.2) is 69.5 Å². The van der Waals surface area contributed by atoms with E-state index in [1.165, 1.54) is 4.31 Å². The van der Waals surface area contributed by atoms with Crippen molar-refractivity contribution in [1.82, 2.24) is 9.21 Å². The Hall–Kier alpha value is -1.64. The van der Waals surface area contributed by atoms with Crippen molar-refractivity contribution in [3.63, 3.8) is 0 Å². The van der Waals surface area contributed by atoms with Gasteiger partial charge in [0.15, 0.2) is 0 Å². The predicted molar refractivity (Wildman–Crippen MR) is 92.0 cm³/mol. The molecular weight excluding hydrogens is 344 g/mol. The van der Waals surface area contributed by atoms with E-state index in [9.17, 15) is 13.2 Å². The number of ether oxygens (including phenoxy) is 2. The SMILES string of the molecule is CCOc1ccc(C)cc1S(=O)(=O)N1C[C@@H]2COC[C@H](C1)N(C)C2=O. The maximum absolute atomic E-state index is 13.3. The zero-order valence-electron chi connectivity index (χ0n) is 14.8. The third-order valence-electron chi connectivity index (χ3n) is 4.73. The molecule has 0 aliphatic carbocycles. The molecule has 2 bridgehead atoms. The molecule has 2 heterocycles. The number of carbonyl (C=O) groups excluding carboxylic acids is 1. The zero-order chi connectivity index (χ0) is 18.2. The molecule has 2 aliphatic rings. The van der Waals surface area contributed by atoms with Gasteiger partial charge in [0.05, 0.1) is 31.8 Å². The highest BCUT2D eigenvalue weighted by atomic mass is 32.2. The van der Waals surface area contributed by atoms with Gasteiger partial charge in [0.2, 0.25) is 15.9 Å². The second-order valence-corrected chi connectivity index (χ2v) is 8.45. The van der Waals surface area contributed by atoms with Crippen molar-refractivity contribution in [2.45, 2.75) is 24.8 Å². The summed E-state index contributed by atoms with van der Waals surface area (Å²) in [7, 11) is -2.06. The molecule has 2 atom stereocenters. The number of sulfonamides is 1. The van der Waals surface area contributed by atoms with Crippen molar-refractivity contribution < 1.29 is 22.7 Å². The van der Waals surface area contributed by atoms with Gasteiger partial charge in [-0.2, -0.15) is 4.31 Å². The van der Waals surface area contributed by atoms with Crippen LogP contribution in [0.1, 0.15) is 12.5 Å². The van der Waals surface area contributed by atoms with Crippen molar-refractivity contribution in [1.29, 1.82) is 0 Å². The van der Waals surface area contributed by atoms with E-state index < -0.39 is 15.9 Å². The first-order valence-corrected chi connectivity index (χ1v) is 9.86. The van der Waals surface area contributed by atoms with Gasteiger partial charge in [-0.15, -0.1) is 0 Å². The number of nitrogens with zero attached hydrogens (tertiary/aromatic N) is 2. The third-order valence-corrected chi connectivity index (χ3v) is 6.58. The lowest BCUT2D eigenvalue weighted by atomic mass is 10.1. The van der Waals surface area contributed by atoms with Crippen LogP contribution in [0.5, 0.6) is 5.75 Å². The van der Waals surface area contributed by atoms with Crippen molar-refractivity contribution >= 4 is 15.9 Å². The minimum absolute atomic E-state index is 0.0607. The topological polar surface area (TPSA) is 76.2 Å². The number of rotatable bonds is 4. The monoisotopic (exact) mass is 368 g/mol. The molecule has 0 spiro atoms. The number of aryl methyl sites for hydroxylation is 1. The fourth-order valence-corrected chi connectivity index (χ4v) is 5.02. The van der Waals surface area contributed by atoms with Gasteiger partial charge >= 0.3 is 0 Å². The summed E-state index contributed by atoms with van der Waals surface area (Å²) < 4.78 is 39.1. The van der Waals surface area contributed by atoms with Crippen molar-refractivity contribution in [2.75, 3.05) is 40.0 Å². The zero-order valence-corrected chi connectivity index (χ0v) is 15.6. The van der Waals surface area contributed by atoms with E-state index in [0.717, 1.165) is 5.56 Å². The summed E-state index contributed by atoms with van der Waals surface area (Å²) in [6.45, 7) is 4.98. The van der Waals surface area contributed by atoms with Crippen LogP contribution in [0.15, 0.2) is 23.1 Å². The molecule has 25 heavy (non-hydrogen) atoms.